The van der Waals surface area contributed by atoms with E-state index in [2.05, 4.69) is 38.9 Å². The van der Waals surface area contributed by atoms with Crippen LogP contribution in [0.15, 0.2) is 41.1 Å². The molecule has 2 N–H and O–H groups in total. The van der Waals surface area contributed by atoms with Crippen molar-refractivity contribution in [3.8, 4) is 0 Å². The molecule has 2 amide bonds. The number of carbonyl (C=O) groups excluding carboxylic acids is 2. The van der Waals surface area contributed by atoms with Crippen LogP contribution >= 0.6 is 22.9 Å². The first-order valence-corrected chi connectivity index (χ1v) is 10.6. The lowest BCUT2D eigenvalue weighted by Crippen LogP contribution is -2.49. The second-order valence-corrected chi connectivity index (χ2v) is 8.08. The molecule has 28 heavy (non-hydrogen) atoms. The van der Waals surface area contributed by atoms with Crippen molar-refractivity contribution >= 4 is 34.8 Å². The molecule has 1 atom stereocenters. The minimum absolute atomic E-state index is 0.0697. The number of thiophene rings is 1. The van der Waals surface area contributed by atoms with Crippen molar-refractivity contribution in [1.29, 1.82) is 0 Å². The van der Waals surface area contributed by atoms with Gasteiger partial charge in [0.05, 0.1) is 6.04 Å². The molecule has 2 heterocycles. The number of hydrogen-bond acceptors (Lipinski definition) is 5. The summed E-state index contributed by atoms with van der Waals surface area (Å²) in [6.07, 6.45) is 0. The summed E-state index contributed by atoms with van der Waals surface area (Å²) in [5, 5.41) is 10.1. The smallest absolute Gasteiger partial charge is 0.309 e. The molecule has 0 radical (unpaired) electrons. The van der Waals surface area contributed by atoms with Crippen LogP contribution in [0.4, 0.5) is 0 Å². The quantitative estimate of drug-likeness (QED) is 0.702. The van der Waals surface area contributed by atoms with Crippen LogP contribution in [0.2, 0.25) is 5.02 Å². The second-order valence-electron chi connectivity index (χ2n) is 6.90. The lowest BCUT2D eigenvalue weighted by Gasteiger charge is -2.37. The van der Waals surface area contributed by atoms with Gasteiger partial charge in [-0.3, -0.25) is 14.5 Å². The monoisotopic (exact) mass is 420 g/mol. The molecule has 1 aromatic carbocycles. The fourth-order valence-electron chi connectivity index (χ4n) is 3.22. The number of hydrogen-bond donors (Lipinski definition) is 2. The number of benzene rings is 1. The summed E-state index contributed by atoms with van der Waals surface area (Å²) in [6.45, 7) is 4.48. The second kappa shape index (κ2) is 10.0. The predicted molar refractivity (Wildman–Crippen MR) is 112 cm³/mol. The minimum atomic E-state index is -0.651. The molecular formula is C20H25ClN4O2S. The van der Waals surface area contributed by atoms with Crippen LogP contribution in [0.3, 0.4) is 0 Å². The van der Waals surface area contributed by atoms with E-state index in [9.17, 15) is 9.59 Å². The van der Waals surface area contributed by atoms with Gasteiger partial charge in [-0.05, 0) is 41.1 Å². The summed E-state index contributed by atoms with van der Waals surface area (Å²) < 4.78 is 0. The normalized spacial score (nSPS) is 16.5. The van der Waals surface area contributed by atoms with E-state index in [1.807, 2.05) is 23.6 Å². The zero-order valence-electron chi connectivity index (χ0n) is 15.9. The predicted octanol–water partition coefficient (Wildman–Crippen LogP) is 2.12. The highest BCUT2D eigenvalue weighted by molar-refractivity contribution is 7.08. The Morgan fingerprint density at radius 2 is 1.82 bits per heavy atom. The first-order valence-electron chi connectivity index (χ1n) is 9.28. The number of rotatable bonds is 6. The lowest BCUT2D eigenvalue weighted by atomic mass is 10.1. The molecule has 1 saturated heterocycles. The number of carbonyl (C=O) groups is 2. The van der Waals surface area contributed by atoms with Gasteiger partial charge < -0.3 is 15.5 Å². The van der Waals surface area contributed by atoms with E-state index in [0.717, 1.165) is 31.7 Å². The Morgan fingerprint density at radius 1 is 1.11 bits per heavy atom. The Kier molecular flexibility index (Phi) is 7.44. The maximum atomic E-state index is 12.3. The van der Waals surface area contributed by atoms with Crippen molar-refractivity contribution in [2.24, 2.45) is 0 Å². The Bertz CT molecular complexity index is 791. The average molecular weight is 421 g/mol. The van der Waals surface area contributed by atoms with Gasteiger partial charge in [0.2, 0.25) is 0 Å². The molecule has 0 bridgehead atoms. The molecule has 3 rings (SSSR count). The van der Waals surface area contributed by atoms with Gasteiger partial charge in [0.25, 0.3) is 0 Å². The van der Waals surface area contributed by atoms with Crippen molar-refractivity contribution in [3.63, 3.8) is 0 Å². The van der Waals surface area contributed by atoms with Gasteiger partial charge in [0, 0.05) is 44.3 Å². The highest BCUT2D eigenvalue weighted by atomic mass is 35.5. The van der Waals surface area contributed by atoms with E-state index in [4.69, 9.17) is 11.6 Å². The molecule has 1 aliphatic heterocycles. The van der Waals surface area contributed by atoms with Gasteiger partial charge >= 0.3 is 11.8 Å². The summed E-state index contributed by atoms with van der Waals surface area (Å²) >= 11 is 7.72. The van der Waals surface area contributed by atoms with Crippen LogP contribution in [0.1, 0.15) is 17.2 Å². The fraction of sp³-hybridized carbons (Fsp3) is 0.400. The molecule has 6 nitrogen and oxygen atoms in total. The third-order valence-corrected chi connectivity index (χ3v) is 6.04. The molecule has 150 valence electrons. The third kappa shape index (κ3) is 5.54. The standard InChI is InChI=1S/C20H25ClN4O2S/c1-24-7-9-25(10-8-24)18(16-6-11-28-14-16)13-23-20(27)19(26)22-12-15-4-2-3-5-17(15)21/h2-6,11,14,18H,7-10,12-13H2,1H3,(H,22,26)(H,23,27)/t18-/m0/s1. The van der Waals surface area contributed by atoms with Crippen molar-refractivity contribution in [2.75, 3.05) is 39.8 Å². The summed E-state index contributed by atoms with van der Waals surface area (Å²) in [7, 11) is 2.11. The maximum absolute atomic E-state index is 12.3. The minimum Gasteiger partial charge on any atom is -0.346 e. The number of nitrogens with zero attached hydrogens (tertiary/aromatic N) is 2. The SMILES string of the molecule is CN1CCN([C@@H](CNC(=O)C(=O)NCc2ccccc2Cl)c2ccsc2)CC1. The van der Waals surface area contributed by atoms with Crippen LogP contribution in [-0.2, 0) is 16.1 Å². The Hall–Kier alpha value is -1.93. The van der Waals surface area contributed by atoms with Crippen LogP contribution in [-0.4, -0.2) is 61.4 Å². The van der Waals surface area contributed by atoms with E-state index in [0.29, 0.717) is 11.6 Å². The highest BCUT2D eigenvalue weighted by Crippen LogP contribution is 2.23. The molecule has 1 aromatic heterocycles. The largest absolute Gasteiger partial charge is 0.346 e. The average Bonchev–Trinajstić information content (AvgIpc) is 3.23. The van der Waals surface area contributed by atoms with Gasteiger partial charge in [-0.25, -0.2) is 0 Å². The number of piperazine rings is 1. The molecule has 1 aliphatic rings. The van der Waals surface area contributed by atoms with E-state index >= 15 is 0 Å². The molecular weight excluding hydrogens is 396 g/mol. The zero-order valence-corrected chi connectivity index (χ0v) is 17.4. The summed E-state index contributed by atoms with van der Waals surface area (Å²) in [6, 6.07) is 9.39. The van der Waals surface area contributed by atoms with E-state index < -0.39 is 11.8 Å². The number of halogens is 1. The first-order chi connectivity index (χ1) is 13.5. The van der Waals surface area contributed by atoms with Crippen LogP contribution in [0, 0.1) is 0 Å². The van der Waals surface area contributed by atoms with Crippen molar-refractivity contribution in [1.82, 2.24) is 20.4 Å². The van der Waals surface area contributed by atoms with Gasteiger partial charge in [0.15, 0.2) is 0 Å². The molecule has 2 aromatic rings. The summed E-state index contributed by atoms with van der Waals surface area (Å²) in [5.41, 5.74) is 1.95. The lowest BCUT2D eigenvalue weighted by molar-refractivity contribution is -0.139. The van der Waals surface area contributed by atoms with E-state index in [-0.39, 0.29) is 12.6 Å². The topological polar surface area (TPSA) is 64.7 Å². The molecule has 0 saturated carbocycles. The Balaban J connectivity index is 1.54. The van der Waals surface area contributed by atoms with E-state index in [1.165, 1.54) is 5.56 Å². The number of amides is 2. The molecule has 0 spiro atoms. The van der Waals surface area contributed by atoms with Gasteiger partial charge in [0.1, 0.15) is 0 Å². The summed E-state index contributed by atoms with van der Waals surface area (Å²) in [4.78, 5) is 29.1. The Morgan fingerprint density at radius 3 is 2.50 bits per heavy atom. The van der Waals surface area contributed by atoms with Crippen molar-refractivity contribution in [3.05, 3.63) is 57.2 Å². The number of likely N-dealkylation sites (N-methyl/N-ethyl adjacent to an activating group) is 1. The maximum Gasteiger partial charge on any atom is 0.309 e. The zero-order chi connectivity index (χ0) is 19.9. The first kappa shape index (κ1) is 20.8. The molecule has 8 heteroatoms. The van der Waals surface area contributed by atoms with Gasteiger partial charge in [-0.1, -0.05) is 29.8 Å². The van der Waals surface area contributed by atoms with Gasteiger partial charge in [-0.2, -0.15) is 11.3 Å². The van der Waals surface area contributed by atoms with Gasteiger partial charge in [-0.15, -0.1) is 0 Å². The molecule has 1 fully saturated rings. The fourth-order valence-corrected chi connectivity index (χ4v) is 4.13. The van der Waals surface area contributed by atoms with Crippen LogP contribution in [0.5, 0.6) is 0 Å². The van der Waals surface area contributed by atoms with Crippen molar-refractivity contribution in [2.45, 2.75) is 12.6 Å². The van der Waals surface area contributed by atoms with Crippen LogP contribution < -0.4 is 10.6 Å². The highest BCUT2D eigenvalue weighted by Gasteiger charge is 2.25. The molecule has 0 aliphatic carbocycles. The molecule has 0 unspecified atom stereocenters. The van der Waals surface area contributed by atoms with E-state index in [1.54, 1.807) is 17.4 Å². The number of nitrogens with one attached hydrogen (secondary N) is 2. The third-order valence-electron chi connectivity index (χ3n) is 4.97. The Labute approximate surface area is 174 Å². The van der Waals surface area contributed by atoms with Crippen LogP contribution in [0.25, 0.3) is 0 Å². The van der Waals surface area contributed by atoms with Crippen molar-refractivity contribution < 1.29 is 9.59 Å². The summed E-state index contributed by atoms with van der Waals surface area (Å²) in [5.74, 6) is -1.27.